The molecule has 0 saturated carbocycles. The lowest BCUT2D eigenvalue weighted by molar-refractivity contribution is -0.117. The molecular formula is C21H27N3O3S. The summed E-state index contributed by atoms with van der Waals surface area (Å²) in [6.07, 6.45) is 2.13. The molecule has 0 unspecified atom stereocenters. The van der Waals surface area contributed by atoms with Crippen LogP contribution in [-0.4, -0.2) is 45.9 Å². The first-order valence-electron chi connectivity index (χ1n) is 9.58. The number of nitrogens with one attached hydrogen (secondary N) is 1. The van der Waals surface area contributed by atoms with E-state index in [4.69, 9.17) is 0 Å². The summed E-state index contributed by atoms with van der Waals surface area (Å²) in [5.41, 5.74) is 1.99. The molecule has 2 aromatic rings. The van der Waals surface area contributed by atoms with E-state index in [1.807, 2.05) is 25.2 Å². The largest absolute Gasteiger partial charge is 0.312 e. The van der Waals surface area contributed by atoms with Crippen LogP contribution in [0.5, 0.6) is 0 Å². The second kappa shape index (κ2) is 9.32. The molecule has 7 heteroatoms. The molecule has 0 aliphatic carbocycles. The molecule has 1 fully saturated rings. The van der Waals surface area contributed by atoms with E-state index in [9.17, 15) is 13.2 Å². The molecule has 1 N–H and O–H groups in total. The maximum atomic E-state index is 12.5. The topological polar surface area (TPSA) is 69.7 Å². The highest BCUT2D eigenvalue weighted by Gasteiger charge is 2.22. The highest BCUT2D eigenvalue weighted by Crippen LogP contribution is 2.22. The Balaban J connectivity index is 1.46. The lowest BCUT2D eigenvalue weighted by Crippen LogP contribution is -2.28. The molecular weight excluding hydrogens is 374 g/mol. The fourth-order valence-corrected chi connectivity index (χ4v) is 4.41. The van der Waals surface area contributed by atoms with E-state index in [0.717, 1.165) is 31.6 Å². The van der Waals surface area contributed by atoms with Gasteiger partial charge in [-0.25, -0.2) is 13.1 Å². The van der Waals surface area contributed by atoms with Gasteiger partial charge in [-0.2, -0.15) is 0 Å². The van der Waals surface area contributed by atoms with E-state index in [1.165, 1.54) is 5.56 Å². The molecule has 6 nitrogen and oxygen atoms in total. The van der Waals surface area contributed by atoms with Crippen LogP contribution in [0.1, 0.15) is 24.8 Å². The summed E-state index contributed by atoms with van der Waals surface area (Å²) in [6, 6.07) is 16.7. The molecule has 150 valence electrons. The molecule has 2 aromatic carbocycles. The predicted octanol–water partition coefficient (Wildman–Crippen LogP) is 2.61. The predicted molar refractivity (Wildman–Crippen MR) is 111 cm³/mol. The zero-order valence-corrected chi connectivity index (χ0v) is 17.0. The normalized spacial score (nSPS) is 14.8. The molecule has 1 amide bonds. The molecule has 0 spiro atoms. The van der Waals surface area contributed by atoms with Gasteiger partial charge >= 0.3 is 0 Å². The molecule has 0 aromatic heterocycles. The van der Waals surface area contributed by atoms with Crippen LogP contribution in [0.15, 0.2) is 59.5 Å². The van der Waals surface area contributed by atoms with Crippen LogP contribution in [0.4, 0.5) is 5.69 Å². The van der Waals surface area contributed by atoms with Gasteiger partial charge in [-0.15, -0.1) is 0 Å². The van der Waals surface area contributed by atoms with Crippen molar-refractivity contribution in [2.75, 3.05) is 31.6 Å². The van der Waals surface area contributed by atoms with Crippen molar-refractivity contribution < 1.29 is 13.2 Å². The van der Waals surface area contributed by atoms with Crippen molar-refractivity contribution in [2.24, 2.45) is 0 Å². The van der Waals surface area contributed by atoms with E-state index < -0.39 is 10.0 Å². The van der Waals surface area contributed by atoms with Crippen molar-refractivity contribution in [3.63, 3.8) is 0 Å². The third-order valence-corrected chi connectivity index (χ3v) is 6.31. The van der Waals surface area contributed by atoms with Gasteiger partial charge in [0.15, 0.2) is 0 Å². The average Bonchev–Trinajstić information content (AvgIpc) is 3.12. The summed E-state index contributed by atoms with van der Waals surface area (Å²) in [6.45, 7) is 2.71. The highest BCUT2D eigenvalue weighted by atomic mass is 32.2. The number of sulfonamides is 1. The van der Waals surface area contributed by atoms with E-state index in [-0.39, 0.29) is 10.8 Å². The fourth-order valence-electron chi connectivity index (χ4n) is 3.34. The molecule has 1 saturated heterocycles. The van der Waals surface area contributed by atoms with Crippen LogP contribution >= 0.6 is 0 Å². The molecule has 0 radical (unpaired) electrons. The van der Waals surface area contributed by atoms with Crippen molar-refractivity contribution in [2.45, 2.75) is 30.7 Å². The molecule has 0 atom stereocenters. The van der Waals surface area contributed by atoms with Crippen molar-refractivity contribution in [1.29, 1.82) is 0 Å². The van der Waals surface area contributed by atoms with Crippen molar-refractivity contribution in [3.05, 3.63) is 60.2 Å². The smallest absolute Gasteiger partial charge is 0.240 e. The minimum absolute atomic E-state index is 0.0911. The Bertz CT molecular complexity index is 883. The van der Waals surface area contributed by atoms with Crippen LogP contribution in [0.3, 0.4) is 0 Å². The van der Waals surface area contributed by atoms with Gasteiger partial charge in [-0.1, -0.05) is 30.3 Å². The number of nitrogens with zero attached hydrogens (tertiary/aromatic N) is 2. The summed E-state index contributed by atoms with van der Waals surface area (Å²) in [5.74, 6) is 0.0911. The number of carbonyl (C=O) groups excluding carboxylic acids is 1. The first-order chi connectivity index (χ1) is 13.5. The summed E-state index contributed by atoms with van der Waals surface area (Å²) in [7, 11) is -1.52. The van der Waals surface area contributed by atoms with Crippen LogP contribution in [0.25, 0.3) is 0 Å². The Morgan fingerprint density at radius 3 is 2.43 bits per heavy atom. The number of rotatable bonds is 9. The van der Waals surface area contributed by atoms with Gasteiger partial charge in [0.05, 0.1) is 4.90 Å². The number of hydrogen-bond acceptors (Lipinski definition) is 4. The first-order valence-corrected chi connectivity index (χ1v) is 11.1. The fraction of sp³-hybridized carbons (Fsp3) is 0.381. The van der Waals surface area contributed by atoms with Crippen molar-refractivity contribution in [3.8, 4) is 0 Å². The third-order valence-electron chi connectivity index (χ3n) is 4.84. The second-order valence-electron chi connectivity index (χ2n) is 7.12. The van der Waals surface area contributed by atoms with E-state index in [2.05, 4.69) is 21.8 Å². The minimum atomic E-state index is -3.54. The summed E-state index contributed by atoms with van der Waals surface area (Å²) in [4.78, 5) is 15.9. The molecule has 1 aliphatic heterocycles. The Morgan fingerprint density at radius 1 is 1.07 bits per heavy atom. The van der Waals surface area contributed by atoms with Gasteiger partial charge < -0.3 is 9.80 Å². The van der Waals surface area contributed by atoms with Gasteiger partial charge in [0.25, 0.3) is 0 Å². The third kappa shape index (κ3) is 5.41. The van der Waals surface area contributed by atoms with E-state index in [1.54, 1.807) is 29.2 Å². The van der Waals surface area contributed by atoms with Gasteiger partial charge in [0.1, 0.15) is 0 Å². The van der Waals surface area contributed by atoms with Crippen LogP contribution < -0.4 is 9.62 Å². The van der Waals surface area contributed by atoms with Crippen LogP contribution in [0.2, 0.25) is 0 Å². The number of carbonyl (C=O) groups is 1. The number of amides is 1. The molecule has 0 bridgehead atoms. The van der Waals surface area contributed by atoms with Gasteiger partial charge in [-0.3, -0.25) is 4.79 Å². The average molecular weight is 402 g/mol. The summed E-state index contributed by atoms with van der Waals surface area (Å²) >= 11 is 0. The number of anilines is 1. The van der Waals surface area contributed by atoms with Gasteiger partial charge in [0, 0.05) is 31.7 Å². The Hall–Kier alpha value is -2.22. The maximum Gasteiger partial charge on any atom is 0.240 e. The number of benzene rings is 2. The van der Waals surface area contributed by atoms with Crippen molar-refractivity contribution >= 4 is 21.6 Å². The molecule has 1 aliphatic rings. The Kier molecular flexibility index (Phi) is 6.83. The maximum absolute atomic E-state index is 12.5. The highest BCUT2D eigenvalue weighted by molar-refractivity contribution is 7.89. The first kappa shape index (κ1) is 20.5. The minimum Gasteiger partial charge on any atom is -0.312 e. The summed E-state index contributed by atoms with van der Waals surface area (Å²) < 4.78 is 27.6. The monoisotopic (exact) mass is 401 g/mol. The van der Waals surface area contributed by atoms with Crippen molar-refractivity contribution in [1.82, 2.24) is 9.62 Å². The Labute approximate surface area is 167 Å². The standard InChI is InChI=1S/C21H27N3O3S/c1-23(17-18-7-3-2-4-8-18)15-6-14-22-28(26,27)20-12-10-19(11-13-20)24-16-5-9-21(24)25/h2-4,7-8,10-13,22H,5-6,9,14-17H2,1H3. The van der Waals surface area contributed by atoms with Crippen LogP contribution in [0, 0.1) is 0 Å². The van der Waals surface area contributed by atoms with Gasteiger partial charge in [-0.05, 0) is 56.3 Å². The summed E-state index contributed by atoms with van der Waals surface area (Å²) in [5, 5.41) is 0. The van der Waals surface area contributed by atoms with Gasteiger partial charge in [0.2, 0.25) is 15.9 Å². The molecule has 3 rings (SSSR count). The van der Waals surface area contributed by atoms with Crippen LogP contribution in [-0.2, 0) is 21.4 Å². The SMILES string of the molecule is CN(CCCNS(=O)(=O)c1ccc(N2CCCC2=O)cc1)Cc1ccccc1. The second-order valence-corrected chi connectivity index (χ2v) is 8.88. The lowest BCUT2D eigenvalue weighted by Gasteiger charge is -2.17. The zero-order chi connectivity index (χ0) is 20.0. The van der Waals surface area contributed by atoms with E-state index >= 15 is 0 Å². The zero-order valence-electron chi connectivity index (χ0n) is 16.2. The van der Waals surface area contributed by atoms with E-state index in [0.29, 0.717) is 19.5 Å². The number of hydrogen-bond donors (Lipinski definition) is 1. The Morgan fingerprint density at radius 2 is 1.79 bits per heavy atom. The molecule has 1 heterocycles. The quantitative estimate of drug-likeness (QED) is 0.656. The lowest BCUT2D eigenvalue weighted by atomic mass is 10.2. The molecule has 28 heavy (non-hydrogen) atoms.